The van der Waals surface area contributed by atoms with E-state index in [0.29, 0.717) is 12.4 Å². The number of furan rings is 1. The third-order valence-electron chi connectivity index (χ3n) is 3.00. The van der Waals surface area contributed by atoms with E-state index in [0.717, 1.165) is 22.3 Å². The molecule has 19 heavy (non-hydrogen) atoms. The summed E-state index contributed by atoms with van der Waals surface area (Å²) in [6.07, 6.45) is 1.65. The van der Waals surface area contributed by atoms with Crippen molar-refractivity contribution in [3.8, 4) is 11.5 Å². The Balaban J connectivity index is 1.92. The van der Waals surface area contributed by atoms with E-state index in [2.05, 4.69) is 0 Å². The van der Waals surface area contributed by atoms with Gasteiger partial charge in [0.1, 0.15) is 12.2 Å². The van der Waals surface area contributed by atoms with E-state index in [1.54, 1.807) is 13.4 Å². The number of methoxy groups -OCH3 is 1. The summed E-state index contributed by atoms with van der Waals surface area (Å²) in [7, 11) is 1.64. The largest absolute Gasteiger partial charge is 0.493 e. The highest BCUT2D eigenvalue weighted by Gasteiger charge is 2.11. The summed E-state index contributed by atoms with van der Waals surface area (Å²) in [5, 5.41) is 0.926. The van der Waals surface area contributed by atoms with Crippen molar-refractivity contribution >= 4 is 11.0 Å². The topological polar surface area (TPSA) is 31.6 Å². The predicted molar refractivity (Wildman–Crippen MR) is 73.5 cm³/mol. The summed E-state index contributed by atoms with van der Waals surface area (Å²) in [5.41, 5.74) is 1.91. The fourth-order valence-corrected chi connectivity index (χ4v) is 2.04. The van der Waals surface area contributed by atoms with Gasteiger partial charge in [0.2, 0.25) is 0 Å². The SMILES string of the molecule is COc1ccc2occc2c1OCc1ccccc1. The predicted octanol–water partition coefficient (Wildman–Crippen LogP) is 4.02. The summed E-state index contributed by atoms with van der Waals surface area (Å²) >= 11 is 0. The van der Waals surface area contributed by atoms with E-state index in [4.69, 9.17) is 13.9 Å². The summed E-state index contributed by atoms with van der Waals surface area (Å²) in [6, 6.07) is 15.7. The number of benzene rings is 2. The summed E-state index contributed by atoms with van der Waals surface area (Å²) in [5.74, 6) is 1.43. The number of fused-ring (bicyclic) bond motifs is 1. The molecule has 0 atom stereocenters. The molecule has 0 fully saturated rings. The Morgan fingerprint density at radius 3 is 2.63 bits per heavy atom. The van der Waals surface area contributed by atoms with Crippen LogP contribution in [0.4, 0.5) is 0 Å². The zero-order valence-corrected chi connectivity index (χ0v) is 10.6. The molecule has 0 spiro atoms. The van der Waals surface area contributed by atoms with Gasteiger partial charge in [0.15, 0.2) is 11.5 Å². The Bertz CT molecular complexity index is 671. The molecule has 0 aliphatic carbocycles. The first-order chi connectivity index (χ1) is 9.38. The van der Waals surface area contributed by atoms with E-state index >= 15 is 0 Å². The third-order valence-corrected chi connectivity index (χ3v) is 3.00. The molecule has 3 heteroatoms. The molecule has 0 radical (unpaired) electrons. The lowest BCUT2D eigenvalue weighted by molar-refractivity contribution is 0.288. The normalized spacial score (nSPS) is 10.6. The van der Waals surface area contributed by atoms with Crippen molar-refractivity contribution in [2.45, 2.75) is 6.61 Å². The van der Waals surface area contributed by atoms with Gasteiger partial charge in [-0.1, -0.05) is 30.3 Å². The van der Waals surface area contributed by atoms with Gasteiger partial charge in [0, 0.05) is 0 Å². The van der Waals surface area contributed by atoms with Crippen molar-refractivity contribution in [2.24, 2.45) is 0 Å². The molecule has 0 bridgehead atoms. The van der Waals surface area contributed by atoms with E-state index < -0.39 is 0 Å². The van der Waals surface area contributed by atoms with Crippen LogP contribution in [0.15, 0.2) is 59.2 Å². The highest BCUT2D eigenvalue weighted by molar-refractivity contribution is 5.86. The molecule has 1 aromatic heterocycles. The molecule has 0 saturated carbocycles. The molecule has 0 aliphatic heterocycles. The van der Waals surface area contributed by atoms with Crippen LogP contribution in [0.2, 0.25) is 0 Å². The van der Waals surface area contributed by atoms with Gasteiger partial charge in [-0.25, -0.2) is 0 Å². The van der Waals surface area contributed by atoms with Gasteiger partial charge in [0.05, 0.1) is 18.8 Å². The molecule has 0 N–H and O–H groups in total. The molecule has 3 aromatic rings. The quantitative estimate of drug-likeness (QED) is 0.704. The van der Waals surface area contributed by atoms with Gasteiger partial charge in [0.25, 0.3) is 0 Å². The summed E-state index contributed by atoms with van der Waals surface area (Å²) in [4.78, 5) is 0. The fourth-order valence-electron chi connectivity index (χ4n) is 2.04. The zero-order chi connectivity index (χ0) is 13.1. The van der Waals surface area contributed by atoms with Gasteiger partial charge in [-0.15, -0.1) is 0 Å². The average Bonchev–Trinajstić information content (AvgIpc) is 2.94. The second kappa shape index (κ2) is 5.06. The smallest absolute Gasteiger partial charge is 0.172 e. The first-order valence-corrected chi connectivity index (χ1v) is 6.09. The maximum atomic E-state index is 5.90. The average molecular weight is 254 g/mol. The van der Waals surface area contributed by atoms with Crippen molar-refractivity contribution < 1.29 is 13.9 Å². The molecular weight excluding hydrogens is 240 g/mol. The van der Waals surface area contributed by atoms with Gasteiger partial charge >= 0.3 is 0 Å². The maximum Gasteiger partial charge on any atom is 0.172 e. The molecule has 0 aliphatic rings. The molecule has 0 amide bonds. The first-order valence-electron chi connectivity index (χ1n) is 6.09. The van der Waals surface area contributed by atoms with Crippen LogP contribution in [-0.2, 0) is 6.61 Å². The van der Waals surface area contributed by atoms with Crippen LogP contribution in [0.3, 0.4) is 0 Å². The Kier molecular flexibility index (Phi) is 3.11. The number of rotatable bonds is 4. The molecule has 1 heterocycles. The number of hydrogen-bond donors (Lipinski definition) is 0. The number of hydrogen-bond acceptors (Lipinski definition) is 3. The Morgan fingerprint density at radius 2 is 1.84 bits per heavy atom. The Morgan fingerprint density at radius 1 is 1.00 bits per heavy atom. The van der Waals surface area contributed by atoms with Crippen molar-refractivity contribution in [1.82, 2.24) is 0 Å². The van der Waals surface area contributed by atoms with Crippen LogP contribution in [0.1, 0.15) is 5.56 Å². The van der Waals surface area contributed by atoms with Crippen LogP contribution < -0.4 is 9.47 Å². The maximum absolute atomic E-state index is 5.90. The van der Waals surface area contributed by atoms with Crippen LogP contribution in [0.5, 0.6) is 11.5 Å². The molecule has 3 rings (SSSR count). The Labute approximate surface area is 111 Å². The highest BCUT2D eigenvalue weighted by atomic mass is 16.5. The van der Waals surface area contributed by atoms with Crippen LogP contribution in [-0.4, -0.2) is 7.11 Å². The van der Waals surface area contributed by atoms with Gasteiger partial charge in [-0.2, -0.15) is 0 Å². The monoisotopic (exact) mass is 254 g/mol. The second-order valence-electron chi connectivity index (χ2n) is 4.20. The minimum atomic E-state index is 0.501. The molecular formula is C16H14O3. The van der Waals surface area contributed by atoms with Crippen molar-refractivity contribution in [2.75, 3.05) is 7.11 Å². The lowest BCUT2D eigenvalue weighted by Gasteiger charge is -2.11. The molecule has 2 aromatic carbocycles. The van der Waals surface area contributed by atoms with Crippen molar-refractivity contribution in [3.05, 3.63) is 60.4 Å². The van der Waals surface area contributed by atoms with Crippen LogP contribution >= 0.6 is 0 Å². The highest BCUT2D eigenvalue weighted by Crippen LogP contribution is 2.36. The standard InChI is InChI=1S/C16H14O3/c1-17-15-8-7-14-13(9-10-18-14)16(15)19-11-12-5-3-2-4-6-12/h2-10H,11H2,1H3. The Hall–Kier alpha value is -2.42. The molecule has 96 valence electrons. The first kappa shape index (κ1) is 11.7. The van der Waals surface area contributed by atoms with Gasteiger partial charge < -0.3 is 13.9 Å². The summed E-state index contributed by atoms with van der Waals surface area (Å²) in [6.45, 7) is 0.501. The van der Waals surface area contributed by atoms with Crippen molar-refractivity contribution in [1.29, 1.82) is 0 Å². The molecule has 0 saturated heterocycles. The number of ether oxygens (including phenoxy) is 2. The van der Waals surface area contributed by atoms with Crippen LogP contribution in [0.25, 0.3) is 11.0 Å². The van der Waals surface area contributed by atoms with Gasteiger partial charge in [-0.3, -0.25) is 0 Å². The minimum absolute atomic E-state index is 0.501. The van der Waals surface area contributed by atoms with E-state index in [1.165, 1.54) is 0 Å². The van der Waals surface area contributed by atoms with E-state index in [-0.39, 0.29) is 0 Å². The molecule has 0 unspecified atom stereocenters. The minimum Gasteiger partial charge on any atom is -0.493 e. The van der Waals surface area contributed by atoms with Crippen LogP contribution in [0, 0.1) is 0 Å². The van der Waals surface area contributed by atoms with E-state index in [9.17, 15) is 0 Å². The summed E-state index contributed by atoms with van der Waals surface area (Å²) < 4.78 is 16.6. The zero-order valence-electron chi connectivity index (χ0n) is 10.6. The van der Waals surface area contributed by atoms with Crippen molar-refractivity contribution in [3.63, 3.8) is 0 Å². The second-order valence-corrected chi connectivity index (χ2v) is 4.20. The molecule has 3 nitrogen and oxygen atoms in total. The lowest BCUT2D eigenvalue weighted by Crippen LogP contribution is -1.97. The van der Waals surface area contributed by atoms with Gasteiger partial charge in [-0.05, 0) is 23.8 Å². The fraction of sp³-hybridized carbons (Fsp3) is 0.125. The lowest BCUT2D eigenvalue weighted by atomic mass is 10.2. The third kappa shape index (κ3) is 2.27. The van der Waals surface area contributed by atoms with E-state index in [1.807, 2.05) is 48.5 Å².